The lowest BCUT2D eigenvalue weighted by Gasteiger charge is -2.05. The van der Waals surface area contributed by atoms with Crippen molar-refractivity contribution in [3.8, 4) is 0 Å². The van der Waals surface area contributed by atoms with Crippen LogP contribution in [0.2, 0.25) is 0 Å². The molecule has 0 heterocycles. The molecule has 0 aliphatic rings. The molecule has 0 fully saturated rings. The normalized spacial score (nSPS) is 12.4. The zero-order valence-corrected chi connectivity index (χ0v) is 11.5. The maximum Gasteiger partial charge on any atom is 0.332 e. The molecule has 0 saturated carbocycles. The molecule has 1 aromatic carbocycles. The van der Waals surface area contributed by atoms with E-state index in [1.165, 1.54) is 0 Å². The summed E-state index contributed by atoms with van der Waals surface area (Å²) in [6.07, 6.45) is 0. The maximum atomic E-state index is 13.5. The summed E-state index contributed by atoms with van der Waals surface area (Å²) >= 11 is 0. The van der Waals surface area contributed by atoms with E-state index in [1.54, 1.807) is 13.8 Å². The lowest BCUT2D eigenvalue weighted by molar-refractivity contribution is 0.549. The molecule has 1 rings (SSSR count). The Kier molecular flexibility index (Phi) is 4.44. The van der Waals surface area contributed by atoms with Crippen LogP contribution in [0.1, 0.15) is 13.8 Å². The molecule has 0 atom stereocenters. The van der Waals surface area contributed by atoms with Gasteiger partial charge >= 0.3 is 10.2 Å². The first kappa shape index (κ1) is 15.0. The zero-order valence-electron chi connectivity index (χ0n) is 9.89. The van der Waals surface area contributed by atoms with Crippen LogP contribution in [0.15, 0.2) is 27.5 Å². The third-order valence-corrected chi connectivity index (χ3v) is 5.52. The first-order chi connectivity index (χ1) is 8.22. The number of rotatable bonds is 4. The van der Waals surface area contributed by atoms with Crippen LogP contribution in [-0.2, 0) is 20.0 Å². The van der Waals surface area contributed by atoms with Crippen LogP contribution in [0.3, 0.4) is 0 Å². The van der Waals surface area contributed by atoms with Crippen molar-refractivity contribution in [2.75, 3.05) is 11.5 Å². The highest BCUT2D eigenvalue weighted by molar-refractivity contribution is 7.93. The third-order valence-electron chi connectivity index (χ3n) is 2.37. The van der Waals surface area contributed by atoms with Crippen LogP contribution in [0, 0.1) is 5.82 Å². The number of hydrogen-bond acceptors (Lipinski definition) is 4. The Hall–Kier alpha value is -1.02. The van der Waals surface area contributed by atoms with Crippen molar-refractivity contribution < 1.29 is 20.9 Å². The summed E-state index contributed by atoms with van der Waals surface area (Å²) in [6.45, 7) is 3.32. The molecule has 0 unspecified atom stereocenters. The molecule has 18 heavy (non-hydrogen) atoms. The van der Waals surface area contributed by atoms with Crippen LogP contribution >= 0.6 is 0 Å². The van der Waals surface area contributed by atoms with Crippen LogP contribution < -0.4 is 0 Å². The number of halogens is 2. The maximum absolute atomic E-state index is 13.5. The standard InChI is InChI=1S/C10H13F2NO3S2/c1-3-17(14,4-2)13-10-6-5-8(7-9(10)11)18(12,15)16/h5-7H,3-4H2,1-2H3. The summed E-state index contributed by atoms with van der Waals surface area (Å²) < 4.78 is 63.1. The lowest BCUT2D eigenvalue weighted by Crippen LogP contribution is -2.05. The average Bonchev–Trinajstić information content (AvgIpc) is 2.30. The van der Waals surface area contributed by atoms with E-state index in [0.717, 1.165) is 12.1 Å². The Balaban J connectivity index is 3.36. The van der Waals surface area contributed by atoms with Gasteiger partial charge in [-0.05, 0) is 18.2 Å². The van der Waals surface area contributed by atoms with Gasteiger partial charge in [-0.1, -0.05) is 13.8 Å². The number of hydrogen-bond donors (Lipinski definition) is 0. The highest BCUT2D eigenvalue weighted by Gasteiger charge is 2.15. The minimum Gasteiger partial charge on any atom is -0.249 e. The Bertz CT molecular complexity index is 652. The molecule has 0 spiro atoms. The van der Waals surface area contributed by atoms with Gasteiger partial charge in [-0.3, -0.25) is 0 Å². The summed E-state index contributed by atoms with van der Waals surface area (Å²) in [5.74, 6) is -0.499. The molecule has 0 aliphatic carbocycles. The lowest BCUT2D eigenvalue weighted by atomic mass is 10.3. The van der Waals surface area contributed by atoms with Gasteiger partial charge in [0, 0.05) is 11.5 Å². The number of benzene rings is 1. The first-order valence-corrected chi connectivity index (χ1v) is 8.42. The quantitative estimate of drug-likeness (QED) is 0.802. The second kappa shape index (κ2) is 5.31. The molecule has 0 aliphatic heterocycles. The molecule has 1 aromatic rings. The van der Waals surface area contributed by atoms with E-state index in [1.807, 2.05) is 0 Å². The van der Waals surface area contributed by atoms with Gasteiger partial charge in [0.2, 0.25) is 0 Å². The van der Waals surface area contributed by atoms with Gasteiger partial charge in [-0.15, -0.1) is 3.89 Å². The minimum atomic E-state index is -4.95. The zero-order chi connectivity index (χ0) is 14.0. The Labute approximate surface area is 105 Å². The summed E-state index contributed by atoms with van der Waals surface area (Å²) in [5.41, 5.74) is -0.226. The Morgan fingerprint density at radius 1 is 1.17 bits per heavy atom. The molecular weight excluding hydrogens is 284 g/mol. The monoisotopic (exact) mass is 297 g/mol. The van der Waals surface area contributed by atoms with Gasteiger partial charge in [0.1, 0.15) is 10.6 Å². The Morgan fingerprint density at radius 3 is 2.11 bits per heavy atom. The number of nitrogens with zero attached hydrogens (tertiary/aromatic N) is 1. The Morgan fingerprint density at radius 2 is 1.72 bits per heavy atom. The predicted octanol–water partition coefficient (Wildman–Crippen LogP) is 2.62. The SMILES string of the molecule is CCS(=O)(CC)=Nc1ccc(S(=O)(=O)F)cc1F. The van der Waals surface area contributed by atoms with Crippen molar-refractivity contribution >= 4 is 25.6 Å². The molecule has 102 valence electrons. The molecule has 0 bridgehead atoms. The highest BCUT2D eigenvalue weighted by atomic mass is 32.3. The van der Waals surface area contributed by atoms with Gasteiger partial charge in [-0.25, -0.2) is 8.60 Å². The van der Waals surface area contributed by atoms with Crippen molar-refractivity contribution in [1.29, 1.82) is 0 Å². The van der Waals surface area contributed by atoms with Gasteiger partial charge in [0.25, 0.3) is 0 Å². The summed E-state index contributed by atoms with van der Waals surface area (Å²) in [7, 11) is -7.50. The van der Waals surface area contributed by atoms with Gasteiger partial charge in [0.05, 0.1) is 9.73 Å². The second-order valence-corrected chi connectivity index (χ2v) is 7.72. The van der Waals surface area contributed by atoms with E-state index in [0.29, 0.717) is 6.07 Å². The summed E-state index contributed by atoms with van der Waals surface area (Å²) in [4.78, 5) is -0.779. The fraction of sp³-hybridized carbons (Fsp3) is 0.400. The molecule has 8 heteroatoms. The largest absolute Gasteiger partial charge is 0.332 e. The van der Waals surface area contributed by atoms with E-state index >= 15 is 0 Å². The van der Waals surface area contributed by atoms with E-state index < -0.39 is 30.7 Å². The fourth-order valence-electron chi connectivity index (χ4n) is 1.23. The fourth-order valence-corrected chi connectivity index (χ4v) is 2.87. The second-order valence-electron chi connectivity index (χ2n) is 3.49. The van der Waals surface area contributed by atoms with Crippen molar-refractivity contribution in [2.45, 2.75) is 18.7 Å². The average molecular weight is 297 g/mol. The van der Waals surface area contributed by atoms with Crippen LogP contribution in [0.25, 0.3) is 0 Å². The van der Waals surface area contributed by atoms with E-state index in [9.17, 15) is 20.9 Å². The van der Waals surface area contributed by atoms with E-state index in [-0.39, 0.29) is 17.2 Å². The summed E-state index contributed by atoms with van der Waals surface area (Å²) in [6, 6.07) is 2.43. The van der Waals surface area contributed by atoms with Crippen molar-refractivity contribution in [2.24, 2.45) is 4.36 Å². The first-order valence-electron chi connectivity index (χ1n) is 5.18. The van der Waals surface area contributed by atoms with E-state index in [4.69, 9.17) is 0 Å². The summed E-state index contributed by atoms with van der Waals surface area (Å²) in [5, 5.41) is 0. The van der Waals surface area contributed by atoms with Gasteiger partial charge < -0.3 is 0 Å². The molecule has 0 amide bonds. The van der Waals surface area contributed by atoms with Crippen LogP contribution in [-0.4, -0.2) is 24.1 Å². The molecule has 0 N–H and O–H groups in total. The van der Waals surface area contributed by atoms with Crippen molar-refractivity contribution in [3.05, 3.63) is 24.0 Å². The van der Waals surface area contributed by atoms with Crippen LogP contribution in [0.4, 0.5) is 14.0 Å². The molecule has 4 nitrogen and oxygen atoms in total. The topological polar surface area (TPSA) is 63.6 Å². The molecule has 0 aromatic heterocycles. The minimum absolute atomic E-state index is 0.226. The molecule has 0 saturated heterocycles. The molecule has 0 radical (unpaired) electrons. The van der Waals surface area contributed by atoms with Crippen LogP contribution in [0.5, 0.6) is 0 Å². The molecular formula is C10H13F2NO3S2. The predicted molar refractivity (Wildman–Crippen MR) is 66.0 cm³/mol. The third kappa shape index (κ3) is 3.49. The van der Waals surface area contributed by atoms with Gasteiger partial charge in [-0.2, -0.15) is 12.8 Å². The van der Waals surface area contributed by atoms with Crippen molar-refractivity contribution in [1.82, 2.24) is 0 Å². The highest BCUT2D eigenvalue weighted by Crippen LogP contribution is 2.24. The smallest absolute Gasteiger partial charge is 0.249 e. The van der Waals surface area contributed by atoms with Gasteiger partial charge in [0.15, 0.2) is 5.82 Å². The van der Waals surface area contributed by atoms with Crippen molar-refractivity contribution in [3.63, 3.8) is 0 Å². The van der Waals surface area contributed by atoms with E-state index in [2.05, 4.69) is 4.36 Å².